The van der Waals surface area contributed by atoms with Crippen LogP contribution in [-0.4, -0.2) is 74.9 Å². The molecule has 0 spiro atoms. The summed E-state index contributed by atoms with van der Waals surface area (Å²) in [5, 5.41) is 48.9. The van der Waals surface area contributed by atoms with E-state index in [0.29, 0.717) is 0 Å². The van der Waals surface area contributed by atoms with Crippen LogP contribution in [0.2, 0.25) is 0 Å². The molecule has 0 aliphatic carbocycles. The molecule has 0 aromatic heterocycles. The van der Waals surface area contributed by atoms with Gasteiger partial charge in [-0.25, -0.2) is 4.79 Å². The van der Waals surface area contributed by atoms with Crippen molar-refractivity contribution >= 4 is 17.8 Å². The van der Waals surface area contributed by atoms with Gasteiger partial charge >= 0.3 is 5.97 Å². The quantitative estimate of drug-likeness (QED) is 0.426. The van der Waals surface area contributed by atoms with Crippen molar-refractivity contribution in [3.05, 3.63) is 41.5 Å². The minimum atomic E-state index is -1.61. The van der Waals surface area contributed by atoms with E-state index in [9.17, 15) is 30.0 Å². The number of hydrogen-bond acceptors (Lipinski definition) is 9. The summed E-state index contributed by atoms with van der Waals surface area (Å²) >= 11 is 0. The molecule has 170 valence electrons. The van der Waals surface area contributed by atoms with E-state index in [1.165, 1.54) is 30.4 Å². The largest absolute Gasteiger partial charge is 0.507 e. The molecule has 1 aliphatic rings. The van der Waals surface area contributed by atoms with Crippen LogP contribution in [0.25, 0.3) is 6.08 Å². The fourth-order valence-electron chi connectivity index (χ4n) is 2.79. The normalized spacial score (nSPS) is 28.1. The molecule has 1 heterocycles. The summed E-state index contributed by atoms with van der Waals surface area (Å²) in [5.74, 6) is -2.14. The number of ether oxygens (including phenoxy) is 2. The lowest BCUT2D eigenvalue weighted by atomic mass is 9.99. The van der Waals surface area contributed by atoms with Crippen LogP contribution in [0.5, 0.6) is 11.5 Å². The number of carbonyl (C=O) groups excluding carboxylic acids is 2. The molecule has 5 N–H and O–H groups in total. The van der Waals surface area contributed by atoms with Crippen LogP contribution in [0.15, 0.2) is 30.4 Å². The van der Waals surface area contributed by atoms with Gasteiger partial charge in [0.1, 0.15) is 42.0 Å². The fraction of sp³-hybridized carbons (Fsp3) is 0.455. The van der Waals surface area contributed by atoms with Crippen LogP contribution < -0.4 is 4.74 Å². The minimum absolute atomic E-state index is 0.101. The predicted octanol–water partition coefficient (Wildman–Crippen LogP) is 0.570. The Morgan fingerprint density at radius 1 is 1.19 bits per heavy atom. The van der Waals surface area contributed by atoms with Gasteiger partial charge in [-0.05, 0) is 31.1 Å². The smallest absolute Gasteiger partial charge is 0.342 e. The Morgan fingerprint density at radius 2 is 1.90 bits per heavy atom. The Hall–Kier alpha value is -2.72. The Labute approximate surface area is 179 Å². The first-order valence-corrected chi connectivity index (χ1v) is 9.88. The topological polar surface area (TPSA) is 154 Å². The molecule has 5 atom stereocenters. The summed E-state index contributed by atoms with van der Waals surface area (Å²) in [4.78, 5) is 24.8. The van der Waals surface area contributed by atoms with Crippen molar-refractivity contribution in [3.8, 4) is 11.5 Å². The van der Waals surface area contributed by atoms with Gasteiger partial charge in [0.15, 0.2) is 5.78 Å². The van der Waals surface area contributed by atoms with Crippen molar-refractivity contribution in [2.24, 2.45) is 5.92 Å². The van der Waals surface area contributed by atoms with Gasteiger partial charge in [-0.2, -0.15) is 0 Å². The zero-order chi connectivity index (χ0) is 23.1. The molecule has 0 saturated heterocycles. The summed E-state index contributed by atoms with van der Waals surface area (Å²) < 4.78 is 10.8. The van der Waals surface area contributed by atoms with Crippen LogP contribution in [0.1, 0.15) is 36.2 Å². The van der Waals surface area contributed by atoms with Gasteiger partial charge in [0.25, 0.3) is 0 Å². The fourth-order valence-corrected chi connectivity index (χ4v) is 2.79. The maximum absolute atomic E-state index is 12.7. The lowest BCUT2D eigenvalue weighted by molar-refractivity contribution is -0.127. The van der Waals surface area contributed by atoms with Crippen molar-refractivity contribution in [3.63, 3.8) is 0 Å². The third-order valence-corrected chi connectivity index (χ3v) is 4.91. The van der Waals surface area contributed by atoms with Crippen molar-refractivity contribution < 1.29 is 44.6 Å². The van der Waals surface area contributed by atoms with E-state index in [1.807, 2.05) is 0 Å². The van der Waals surface area contributed by atoms with Crippen LogP contribution in [0, 0.1) is 5.92 Å². The molecule has 0 saturated carbocycles. The molecule has 0 unspecified atom stereocenters. The number of aliphatic hydroxyl groups is 4. The molecule has 1 aromatic carbocycles. The number of aliphatic hydroxyl groups excluding tert-OH is 4. The Kier molecular flexibility index (Phi) is 8.76. The number of fused-ring (bicyclic) bond motifs is 1. The molecule has 0 bridgehead atoms. The molecule has 1 aliphatic heterocycles. The Morgan fingerprint density at radius 3 is 2.58 bits per heavy atom. The average Bonchev–Trinajstić information content (AvgIpc) is 2.73. The summed E-state index contributed by atoms with van der Waals surface area (Å²) in [5.41, 5.74) is 0.0801. The van der Waals surface area contributed by atoms with E-state index >= 15 is 0 Å². The summed E-state index contributed by atoms with van der Waals surface area (Å²) in [6, 6.07) is 2.61. The molecule has 31 heavy (non-hydrogen) atoms. The van der Waals surface area contributed by atoms with Crippen molar-refractivity contribution in [1.82, 2.24) is 0 Å². The van der Waals surface area contributed by atoms with Crippen LogP contribution in [-0.2, 0) is 9.53 Å². The van der Waals surface area contributed by atoms with Gasteiger partial charge in [-0.1, -0.05) is 25.2 Å². The molecule has 0 fully saturated rings. The molecule has 9 nitrogen and oxygen atoms in total. The summed E-state index contributed by atoms with van der Waals surface area (Å²) in [6.07, 6.45) is 0.604. The molecule has 9 heteroatoms. The SMILES string of the molecule is C[C@@H]1/C=C\C(=O)[C@@H](O)[C@@H](O)C/C=C/c2cc(OC[C@@H](O)CO)cc(O)c2C(=O)O[C@H]1C. The first kappa shape index (κ1) is 24.5. The lowest BCUT2D eigenvalue weighted by Crippen LogP contribution is -2.32. The number of carbonyl (C=O) groups is 2. The Bertz CT molecular complexity index is 846. The molecule has 0 radical (unpaired) electrons. The average molecular weight is 436 g/mol. The highest BCUT2D eigenvalue weighted by molar-refractivity contribution is 5.97. The third kappa shape index (κ3) is 6.63. The highest BCUT2D eigenvalue weighted by Crippen LogP contribution is 2.31. The van der Waals surface area contributed by atoms with Gasteiger partial charge in [0, 0.05) is 12.0 Å². The molecule has 2 rings (SSSR count). The summed E-state index contributed by atoms with van der Waals surface area (Å²) in [7, 11) is 0. The van der Waals surface area contributed by atoms with Crippen LogP contribution in [0.4, 0.5) is 0 Å². The van der Waals surface area contributed by atoms with Crippen molar-refractivity contribution in [2.45, 2.75) is 44.7 Å². The van der Waals surface area contributed by atoms with E-state index in [0.717, 1.165) is 6.08 Å². The number of phenolic OH excluding ortho intramolecular Hbond substituents is 1. The second kappa shape index (κ2) is 11.1. The Balaban J connectivity index is 2.44. The molecule has 0 amide bonds. The minimum Gasteiger partial charge on any atom is -0.507 e. The molecular formula is C22H28O9. The van der Waals surface area contributed by atoms with Crippen molar-refractivity contribution in [1.29, 1.82) is 0 Å². The molecule has 1 aromatic rings. The highest BCUT2D eigenvalue weighted by Gasteiger charge is 2.25. The third-order valence-electron chi connectivity index (χ3n) is 4.91. The van der Waals surface area contributed by atoms with Crippen LogP contribution in [0.3, 0.4) is 0 Å². The number of rotatable bonds is 4. The number of hydrogen-bond donors (Lipinski definition) is 5. The maximum atomic E-state index is 12.7. The van der Waals surface area contributed by atoms with Gasteiger partial charge < -0.3 is 35.0 Å². The lowest BCUT2D eigenvalue weighted by Gasteiger charge is -2.20. The van der Waals surface area contributed by atoms with E-state index in [2.05, 4.69) is 0 Å². The number of esters is 1. The standard InChI is InChI=1S/C22H28O9/c1-12-6-7-18(26)21(28)17(25)5-3-4-14-8-16(30-11-15(24)10-23)9-19(27)20(14)22(29)31-13(12)2/h3-4,6-9,12-13,15,17,21,23-25,27-28H,5,10-11H2,1-2H3/b4-3+,7-6-/t12-,13+,15+,17+,21+/m1/s1. The zero-order valence-electron chi connectivity index (χ0n) is 17.3. The zero-order valence-corrected chi connectivity index (χ0v) is 17.3. The number of aromatic hydroxyl groups is 1. The van der Waals surface area contributed by atoms with Gasteiger partial charge in [0.05, 0.1) is 12.7 Å². The maximum Gasteiger partial charge on any atom is 0.342 e. The van der Waals surface area contributed by atoms with Crippen LogP contribution >= 0.6 is 0 Å². The van der Waals surface area contributed by atoms with Crippen molar-refractivity contribution in [2.75, 3.05) is 13.2 Å². The highest BCUT2D eigenvalue weighted by atomic mass is 16.5. The van der Waals surface area contributed by atoms with E-state index in [-0.39, 0.29) is 35.8 Å². The number of cyclic esters (lactones) is 1. The van der Waals surface area contributed by atoms with Gasteiger partial charge in [0.2, 0.25) is 0 Å². The second-order valence-electron chi connectivity index (χ2n) is 7.44. The predicted molar refractivity (Wildman–Crippen MR) is 111 cm³/mol. The number of benzene rings is 1. The van der Waals surface area contributed by atoms with E-state index < -0.39 is 48.5 Å². The monoisotopic (exact) mass is 436 g/mol. The van der Waals surface area contributed by atoms with E-state index in [1.54, 1.807) is 13.8 Å². The summed E-state index contributed by atoms with van der Waals surface area (Å²) in [6.45, 7) is 2.58. The first-order valence-electron chi connectivity index (χ1n) is 9.88. The van der Waals surface area contributed by atoms with Gasteiger partial charge in [-0.15, -0.1) is 0 Å². The number of ketones is 1. The van der Waals surface area contributed by atoms with Gasteiger partial charge in [-0.3, -0.25) is 4.79 Å². The molecular weight excluding hydrogens is 408 g/mol. The second-order valence-corrected chi connectivity index (χ2v) is 7.44. The number of phenols is 1. The first-order chi connectivity index (χ1) is 14.6. The van der Waals surface area contributed by atoms with E-state index in [4.69, 9.17) is 14.6 Å².